The van der Waals surface area contributed by atoms with Gasteiger partial charge < -0.3 is 19.9 Å². The van der Waals surface area contributed by atoms with Crippen molar-refractivity contribution in [3.8, 4) is 17.2 Å². The number of hydrogen-bond donors (Lipinski definition) is 2. The lowest BCUT2D eigenvalue weighted by atomic mass is 10.1. The summed E-state index contributed by atoms with van der Waals surface area (Å²) in [6.07, 6.45) is 0. The quantitative estimate of drug-likeness (QED) is 0.810. The highest BCUT2D eigenvalue weighted by atomic mass is 35.5. The monoisotopic (exact) mass is 335 g/mol. The van der Waals surface area contributed by atoms with Crippen LogP contribution in [0.15, 0.2) is 30.3 Å². The lowest BCUT2D eigenvalue weighted by molar-refractivity contribution is 0.102. The number of carbonyl (C=O) groups is 1. The van der Waals surface area contributed by atoms with E-state index in [0.29, 0.717) is 29.4 Å². The van der Waals surface area contributed by atoms with Crippen LogP contribution in [0.4, 0.5) is 5.69 Å². The summed E-state index contributed by atoms with van der Waals surface area (Å²) in [5, 5.41) is 12.8. The van der Waals surface area contributed by atoms with Crippen molar-refractivity contribution in [3.05, 3.63) is 46.5 Å². The van der Waals surface area contributed by atoms with Gasteiger partial charge in [-0.3, -0.25) is 4.79 Å². The number of carbonyl (C=O) groups excluding carboxylic acids is 1. The maximum absolute atomic E-state index is 12.4. The van der Waals surface area contributed by atoms with Crippen molar-refractivity contribution in [1.82, 2.24) is 0 Å². The van der Waals surface area contributed by atoms with E-state index in [1.165, 1.54) is 19.2 Å². The molecule has 0 saturated carbocycles. The smallest absolute Gasteiger partial charge is 0.255 e. The molecule has 1 amide bonds. The highest BCUT2D eigenvalue weighted by Gasteiger charge is 2.16. The molecular weight excluding hydrogens is 318 g/mol. The standard InChI is InChI=1S/C17H18ClNO4/c1-4-23-16-12(18)8-11(9-15(16)22-3)17(21)19-13-6-5-10(2)7-14(13)20/h5-9,20H,4H2,1-3H3,(H,19,21). The van der Waals surface area contributed by atoms with Crippen LogP contribution in [-0.4, -0.2) is 24.7 Å². The average Bonchev–Trinajstić information content (AvgIpc) is 2.51. The van der Waals surface area contributed by atoms with Gasteiger partial charge in [0.1, 0.15) is 5.75 Å². The van der Waals surface area contributed by atoms with E-state index < -0.39 is 5.91 Å². The van der Waals surface area contributed by atoms with Crippen LogP contribution in [0, 0.1) is 6.92 Å². The van der Waals surface area contributed by atoms with Crippen LogP contribution in [-0.2, 0) is 0 Å². The van der Waals surface area contributed by atoms with Gasteiger partial charge >= 0.3 is 0 Å². The topological polar surface area (TPSA) is 67.8 Å². The van der Waals surface area contributed by atoms with Crippen LogP contribution >= 0.6 is 11.6 Å². The highest BCUT2D eigenvalue weighted by molar-refractivity contribution is 6.32. The third-order valence-electron chi connectivity index (χ3n) is 3.18. The zero-order valence-electron chi connectivity index (χ0n) is 13.1. The maximum atomic E-state index is 12.4. The van der Waals surface area contributed by atoms with Crippen LogP contribution < -0.4 is 14.8 Å². The van der Waals surface area contributed by atoms with Gasteiger partial charge in [0.15, 0.2) is 11.5 Å². The Hall–Kier alpha value is -2.40. The minimum absolute atomic E-state index is 0.00217. The van der Waals surface area contributed by atoms with Gasteiger partial charge in [-0.15, -0.1) is 0 Å². The van der Waals surface area contributed by atoms with Crippen molar-refractivity contribution in [2.24, 2.45) is 0 Å². The second-order valence-electron chi connectivity index (χ2n) is 4.90. The maximum Gasteiger partial charge on any atom is 0.255 e. The number of nitrogens with one attached hydrogen (secondary N) is 1. The third-order valence-corrected chi connectivity index (χ3v) is 3.46. The van der Waals surface area contributed by atoms with Crippen LogP contribution in [0.3, 0.4) is 0 Å². The summed E-state index contributed by atoms with van der Waals surface area (Å²) in [4.78, 5) is 12.4. The molecule has 2 aromatic rings. The molecule has 0 radical (unpaired) electrons. The summed E-state index contributed by atoms with van der Waals surface area (Å²) < 4.78 is 10.6. The fourth-order valence-corrected chi connectivity index (χ4v) is 2.34. The van der Waals surface area contributed by atoms with Gasteiger partial charge in [-0.2, -0.15) is 0 Å². The molecule has 0 atom stereocenters. The number of aromatic hydroxyl groups is 1. The molecule has 2 aromatic carbocycles. The molecule has 2 N–H and O–H groups in total. The molecule has 0 aliphatic heterocycles. The molecule has 122 valence electrons. The molecule has 0 unspecified atom stereocenters. The Labute approximate surface area is 139 Å². The van der Waals surface area contributed by atoms with Crippen molar-refractivity contribution in [3.63, 3.8) is 0 Å². The van der Waals surface area contributed by atoms with E-state index in [1.807, 2.05) is 13.8 Å². The number of benzene rings is 2. The molecule has 23 heavy (non-hydrogen) atoms. The number of halogens is 1. The number of hydrogen-bond acceptors (Lipinski definition) is 4. The fourth-order valence-electron chi connectivity index (χ4n) is 2.08. The van der Waals surface area contributed by atoms with Crippen molar-refractivity contribution >= 4 is 23.2 Å². The van der Waals surface area contributed by atoms with Gasteiger partial charge in [0.25, 0.3) is 5.91 Å². The molecule has 0 bridgehead atoms. The molecule has 0 saturated heterocycles. The number of aryl methyl sites for hydroxylation is 1. The van der Waals surface area contributed by atoms with Crippen LogP contribution in [0.2, 0.25) is 5.02 Å². The van der Waals surface area contributed by atoms with Crippen molar-refractivity contribution in [1.29, 1.82) is 0 Å². The molecule has 0 heterocycles. The zero-order chi connectivity index (χ0) is 17.0. The minimum Gasteiger partial charge on any atom is -0.506 e. The molecule has 0 fully saturated rings. The molecule has 2 rings (SSSR count). The van der Waals surface area contributed by atoms with Crippen LogP contribution in [0.5, 0.6) is 17.2 Å². The van der Waals surface area contributed by atoms with E-state index >= 15 is 0 Å². The first kappa shape index (κ1) is 17.0. The van der Waals surface area contributed by atoms with Crippen molar-refractivity contribution in [2.75, 3.05) is 19.0 Å². The Balaban J connectivity index is 2.30. The lowest BCUT2D eigenvalue weighted by Crippen LogP contribution is -2.12. The van der Waals surface area contributed by atoms with E-state index in [2.05, 4.69) is 5.32 Å². The summed E-state index contributed by atoms with van der Waals surface area (Å²) in [7, 11) is 1.47. The van der Waals surface area contributed by atoms with Gasteiger partial charge in [0, 0.05) is 5.56 Å². The largest absolute Gasteiger partial charge is 0.506 e. The molecule has 0 spiro atoms. The lowest BCUT2D eigenvalue weighted by Gasteiger charge is -2.13. The van der Waals surface area contributed by atoms with Crippen LogP contribution in [0.25, 0.3) is 0 Å². The SMILES string of the molecule is CCOc1c(Cl)cc(C(=O)Nc2ccc(C)cc2O)cc1OC. The molecule has 6 heteroatoms. The summed E-state index contributed by atoms with van der Waals surface area (Å²) >= 11 is 6.16. The van der Waals surface area contributed by atoms with Crippen molar-refractivity contribution < 1.29 is 19.4 Å². The number of amides is 1. The molecular formula is C17H18ClNO4. The summed E-state index contributed by atoms with van der Waals surface area (Å²) in [6, 6.07) is 8.03. The number of phenolic OH excluding ortho intramolecular Hbond substituents is 1. The first-order valence-electron chi connectivity index (χ1n) is 7.07. The van der Waals surface area contributed by atoms with E-state index in [9.17, 15) is 9.90 Å². The zero-order valence-corrected chi connectivity index (χ0v) is 13.9. The second-order valence-corrected chi connectivity index (χ2v) is 5.30. The van der Waals surface area contributed by atoms with Crippen molar-refractivity contribution in [2.45, 2.75) is 13.8 Å². The van der Waals surface area contributed by atoms with E-state index in [0.717, 1.165) is 5.56 Å². The van der Waals surface area contributed by atoms with Gasteiger partial charge in [0.05, 0.1) is 24.4 Å². The summed E-state index contributed by atoms with van der Waals surface area (Å²) in [6.45, 7) is 4.11. The second kappa shape index (κ2) is 7.24. The van der Waals surface area contributed by atoms with E-state index in [-0.39, 0.29) is 10.8 Å². The Morgan fingerprint density at radius 3 is 2.65 bits per heavy atom. The fraction of sp³-hybridized carbons (Fsp3) is 0.235. The average molecular weight is 336 g/mol. The number of methoxy groups -OCH3 is 1. The predicted octanol–water partition coefficient (Wildman–Crippen LogP) is 4.01. The van der Waals surface area contributed by atoms with Crippen LogP contribution in [0.1, 0.15) is 22.8 Å². The third kappa shape index (κ3) is 3.87. The van der Waals surface area contributed by atoms with Gasteiger partial charge in [0.2, 0.25) is 0 Å². The Morgan fingerprint density at radius 1 is 1.30 bits per heavy atom. The first-order valence-corrected chi connectivity index (χ1v) is 7.45. The van der Waals surface area contributed by atoms with E-state index in [1.54, 1.807) is 18.2 Å². The molecule has 0 aliphatic carbocycles. The van der Waals surface area contributed by atoms with Gasteiger partial charge in [-0.1, -0.05) is 17.7 Å². The van der Waals surface area contributed by atoms with Gasteiger partial charge in [-0.25, -0.2) is 0 Å². The molecule has 0 aromatic heterocycles. The Morgan fingerprint density at radius 2 is 2.04 bits per heavy atom. The molecule has 5 nitrogen and oxygen atoms in total. The van der Waals surface area contributed by atoms with Gasteiger partial charge in [-0.05, 0) is 43.7 Å². The number of phenols is 1. The minimum atomic E-state index is -0.410. The number of anilines is 1. The number of rotatable bonds is 5. The van der Waals surface area contributed by atoms with E-state index in [4.69, 9.17) is 21.1 Å². The first-order chi connectivity index (χ1) is 11.0. The predicted molar refractivity (Wildman–Crippen MR) is 90.0 cm³/mol. The Bertz CT molecular complexity index is 731. The summed E-state index contributed by atoms with van der Waals surface area (Å²) in [5.74, 6) is 0.360. The summed E-state index contributed by atoms with van der Waals surface area (Å²) in [5.41, 5.74) is 1.52. The molecule has 0 aliphatic rings. The highest BCUT2D eigenvalue weighted by Crippen LogP contribution is 2.36. The normalized spacial score (nSPS) is 10.3. The Kier molecular flexibility index (Phi) is 5.34. The number of ether oxygens (including phenoxy) is 2.